The van der Waals surface area contributed by atoms with Crippen molar-refractivity contribution in [2.45, 2.75) is 111 Å². The van der Waals surface area contributed by atoms with Gasteiger partial charge in [0.05, 0.1) is 11.5 Å². The van der Waals surface area contributed by atoms with E-state index in [1.54, 1.807) is 65.0 Å². The average Bonchev–Trinajstić information content (AvgIpc) is 3.37. The minimum Gasteiger partial charge on any atom is -0.461 e. The number of hydrogen-bond acceptors (Lipinski definition) is 12. The van der Waals surface area contributed by atoms with Gasteiger partial charge in [-0.05, 0) is 18.6 Å². The molecular formula is C35H44O12. The number of carbonyl (C=O) groups excluding carboxylic acids is 6. The SMILES string of the molecule is CC(=O)O[C@@H]1[C@H](C)[C@H](OC(=O)c2ccccc2)[C@@H]2[C@@H](OC(C)=O)[C@]3(C)C[C@@]4(OC(C)=O)C(=O)C(C)(C)C[C@H]4[C@]3(C)[C@@H](OC(C)=O)[C@]21O. The lowest BCUT2D eigenvalue weighted by Crippen LogP contribution is -2.75. The number of ether oxygens (including phenoxy) is 5. The monoisotopic (exact) mass is 656 g/mol. The van der Waals surface area contributed by atoms with Crippen LogP contribution in [0.15, 0.2) is 30.3 Å². The number of rotatable bonds is 6. The Hall–Kier alpha value is -3.80. The van der Waals surface area contributed by atoms with E-state index in [1.807, 2.05) is 0 Å². The maximum atomic E-state index is 14.3. The maximum absolute atomic E-state index is 14.3. The molecule has 0 aliphatic heterocycles. The maximum Gasteiger partial charge on any atom is 0.338 e. The first-order valence-electron chi connectivity index (χ1n) is 15.9. The van der Waals surface area contributed by atoms with Crippen molar-refractivity contribution in [3.05, 3.63) is 35.9 Å². The lowest BCUT2D eigenvalue weighted by atomic mass is 9.47. The molecule has 4 aliphatic rings. The molecule has 4 aliphatic carbocycles. The number of hydrogen-bond donors (Lipinski definition) is 1. The lowest BCUT2D eigenvalue weighted by molar-refractivity contribution is -0.300. The molecule has 12 nitrogen and oxygen atoms in total. The fourth-order valence-corrected chi connectivity index (χ4v) is 9.91. The molecule has 0 amide bonds. The van der Waals surface area contributed by atoms with Gasteiger partial charge in [-0.25, -0.2) is 4.79 Å². The molecule has 0 heterocycles. The van der Waals surface area contributed by atoms with Crippen LogP contribution < -0.4 is 0 Å². The van der Waals surface area contributed by atoms with E-state index in [0.29, 0.717) is 0 Å². The van der Waals surface area contributed by atoms with E-state index < -0.39 is 99.5 Å². The average molecular weight is 657 g/mol. The number of Topliss-reactive ketones (excluding diaryl/α,β-unsaturated/α-hetero) is 1. The molecule has 1 aromatic rings. The summed E-state index contributed by atoms with van der Waals surface area (Å²) in [6.45, 7) is 13.3. The molecule has 0 radical (unpaired) electrons. The van der Waals surface area contributed by atoms with Crippen molar-refractivity contribution >= 4 is 35.6 Å². The van der Waals surface area contributed by atoms with Gasteiger partial charge in [0.2, 0.25) is 0 Å². The van der Waals surface area contributed by atoms with Crippen molar-refractivity contribution in [1.82, 2.24) is 0 Å². The largest absolute Gasteiger partial charge is 0.461 e. The van der Waals surface area contributed by atoms with Gasteiger partial charge in [-0.15, -0.1) is 0 Å². The lowest BCUT2D eigenvalue weighted by Gasteiger charge is -2.62. The Kier molecular flexibility index (Phi) is 8.18. The molecule has 1 aromatic carbocycles. The van der Waals surface area contributed by atoms with Crippen molar-refractivity contribution in [2.75, 3.05) is 0 Å². The summed E-state index contributed by atoms with van der Waals surface area (Å²) in [4.78, 5) is 79.1. The number of aliphatic hydroxyl groups is 1. The molecule has 0 aromatic heterocycles. The minimum absolute atomic E-state index is 0.142. The zero-order chi connectivity index (χ0) is 35.1. The van der Waals surface area contributed by atoms with Gasteiger partial charge in [0, 0.05) is 62.2 Å². The van der Waals surface area contributed by atoms with Gasteiger partial charge < -0.3 is 28.8 Å². The van der Waals surface area contributed by atoms with Gasteiger partial charge >= 0.3 is 29.8 Å². The molecule has 0 bridgehead atoms. The summed E-state index contributed by atoms with van der Waals surface area (Å²) in [5.74, 6) is -7.10. The Balaban J connectivity index is 1.81. The summed E-state index contributed by atoms with van der Waals surface area (Å²) < 4.78 is 30.1. The van der Waals surface area contributed by atoms with Crippen molar-refractivity contribution < 1.29 is 57.6 Å². The van der Waals surface area contributed by atoms with E-state index in [0.717, 1.165) is 6.92 Å². The molecule has 0 spiro atoms. The van der Waals surface area contributed by atoms with E-state index in [4.69, 9.17) is 23.7 Å². The molecule has 5 rings (SSSR count). The molecule has 1 N–H and O–H groups in total. The zero-order valence-corrected chi connectivity index (χ0v) is 28.3. The Morgan fingerprint density at radius 1 is 0.787 bits per heavy atom. The minimum atomic E-state index is -2.31. The third kappa shape index (κ3) is 4.80. The van der Waals surface area contributed by atoms with Gasteiger partial charge in [-0.1, -0.05) is 52.8 Å². The van der Waals surface area contributed by atoms with E-state index in [2.05, 4.69) is 0 Å². The molecule has 47 heavy (non-hydrogen) atoms. The second-order valence-corrected chi connectivity index (χ2v) is 14.9. The molecule has 4 fully saturated rings. The van der Waals surface area contributed by atoms with Crippen LogP contribution in [-0.4, -0.2) is 76.4 Å². The zero-order valence-electron chi connectivity index (χ0n) is 28.3. The summed E-state index contributed by atoms with van der Waals surface area (Å²) in [5, 5.41) is 13.2. The first-order valence-corrected chi connectivity index (χ1v) is 15.9. The van der Waals surface area contributed by atoms with Crippen LogP contribution in [0.1, 0.15) is 85.5 Å². The number of benzene rings is 1. The van der Waals surface area contributed by atoms with Crippen LogP contribution >= 0.6 is 0 Å². The number of carbonyl (C=O) groups is 6. The Labute approximate surface area is 273 Å². The topological polar surface area (TPSA) is 169 Å². The molecule has 256 valence electrons. The Morgan fingerprint density at radius 3 is 1.87 bits per heavy atom. The van der Waals surface area contributed by atoms with Crippen LogP contribution in [0, 0.1) is 34.0 Å². The highest BCUT2D eigenvalue weighted by atomic mass is 16.6. The first-order chi connectivity index (χ1) is 21.7. The standard InChI is InChI=1S/C35H44O12/c1-17-25(46-28(40)22-13-11-10-12-14-22)24-27(44-19(3)37)32(8)16-34(47-21(5)39)23(15-31(6,7)29(34)41)33(32,9)30(45-20(4)38)35(24,42)26(17)43-18(2)36/h10-14,17,23-27,30,42H,15-16H2,1-9H3/t17-,23+,24-,25+,26-,27-,30-,32+,33-,34+,35+/m1/s1. The van der Waals surface area contributed by atoms with E-state index in [9.17, 15) is 33.9 Å². The molecular weight excluding hydrogens is 612 g/mol. The Bertz CT molecular complexity index is 1520. The van der Waals surface area contributed by atoms with Crippen LogP contribution in [0.3, 0.4) is 0 Å². The molecule has 11 atom stereocenters. The number of ketones is 1. The van der Waals surface area contributed by atoms with Crippen molar-refractivity contribution in [3.8, 4) is 0 Å². The molecule has 4 saturated carbocycles. The van der Waals surface area contributed by atoms with Crippen molar-refractivity contribution in [2.24, 2.45) is 34.0 Å². The van der Waals surface area contributed by atoms with Gasteiger partial charge in [0.1, 0.15) is 30.0 Å². The fourth-order valence-electron chi connectivity index (χ4n) is 9.91. The summed E-state index contributed by atoms with van der Waals surface area (Å²) >= 11 is 0. The normalized spacial score (nSPS) is 41.1. The highest BCUT2D eigenvalue weighted by molar-refractivity contribution is 5.97. The summed E-state index contributed by atoms with van der Waals surface area (Å²) in [6.07, 6.45) is -5.43. The summed E-state index contributed by atoms with van der Waals surface area (Å²) in [5.41, 5.74) is -7.57. The summed E-state index contributed by atoms with van der Waals surface area (Å²) in [7, 11) is 0. The Morgan fingerprint density at radius 2 is 1.34 bits per heavy atom. The van der Waals surface area contributed by atoms with Crippen LogP contribution in [0.25, 0.3) is 0 Å². The van der Waals surface area contributed by atoms with Crippen LogP contribution in [0.4, 0.5) is 0 Å². The van der Waals surface area contributed by atoms with Gasteiger partial charge in [0.15, 0.2) is 11.4 Å². The first kappa shape index (κ1) is 34.5. The fraction of sp³-hybridized carbons (Fsp3) is 0.657. The second-order valence-electron chi connectivity index (χ2n) is 14.9. The third-order valence-electron chi connectivity index (χ3n) is 11.6. The van der Waals surface area contributed by atoms with E-state index >= 15 is 0 Å². The molecule has 0 unspecified atom stereocenters. The molecule has 0 saturated heterocycles. The highest BCUT2D eigenvalue weighted by Crippen LogP contribution is 2.77. The van der Waals surface area contributed by atoms with Crippen LogP contribution in [0.2, 0.25) is 0 Å². The van der Waals surface area contributed by atoms with E-state index in [1.165, 1.54) is 20.8 Å². The summed E-state index contributed by atoms with van der Waals surface area (Å²) in [6, 6.07) is 8.14. The predicted molar refractivity (Wildman–Crippen MR) is 162 cm³/mol. The molecule has 12 heteroatoms. The van der Waals surface area contributed by atoms with E-state index in [-0.39, 0.29) is 24.2 Å². The van der Waals surface area contributed by atoms with Gasteiger partial charge in [0.25, 0.3) is 0 Å². The second kappa shape index (κ2) is 11.1. The number of fused-ring (bicyclic) bond motifs is 4. The van der Waals surface area contributed by atoms with Crippen LogP contribution in [-0.2, 0) is 47.7 Å². The van der Waals surface area contributed by atoms with Crippen LogP contribution in [0.5, 0.6) is 0 Å². The highest BCUT2D eigenvalue weighted by Gasteiger charge is 2.88. The predicted octanol–water partition coefficient (Wildman–Crippen LogP) is 3.35. The third-order valence-corrected chi connectivity index (χ3v) is 11.6. The number of esters is 5. The van der Waals surface area contributed by atoms with Crippen molar-refractivity contribution in [3.63, 3.8) is 0 Å². The van der Waals surface area contributed by atoms with Crippen molar-refractivity contribution in [1.29, 1.82) is 0 Å². The smallest absolute Gasteiger partial charge is 0.338 e. The van der Waals surface area contributed by atoms with Gasteiger partial charge in [-0.3, -0.25) is 24.0 Å². The quantitative estimate of drug-likeness (QED) is 0.351. The van der Waals surface area contributed by atoms with Gasteiger partial charge in [-0.2, -0.15) is 0 Å².